The number of carbonyl (C=O) groups is 1. The first kappa shape index (κ1) is 22.7. The lowest BCUT2D eigenvalue weighted by molar-refractivity contribution is -0.121. The van der Waals surface area contributed by atoms with Crippen molar-refractivity contribution in [3.8, 4) is 11.4 Å². The van der Waals surface area contributed by atoms with Crippen molar-refractivity contribution < 1.29 is 14.1 Å². The zero-order valence-corrected chi connectivity index (χ0v) is 18.5. The molecule has 1 amide bonds. The molecule has 1 aromatic heterocycles. The molecule has 0 aliphatic carbocycles. The van der Waals surface area contributed by atoms with Crippen LogP contribution in [0.3, 0.4) is 0 Å². The third kappa shape index (κ3) is 7.03. The molecule has 31 heavy (non-hydrogen) atoms. The van der Waals surface area contributed by atoms with Crippen LogP contribution in [0.4, 0.5) is 0 Å². The molecule has 3 rings (SSSR count). The number of ether oxygens (including phenoxy) is 1. The molecule has 0 aliphatic heterocycles. The van der Waals surface area contributed by atoms with E-state index in [4.69, 9.17) is 9.26 Å². The lowest BCUT2D eigenvalue weighted by atomic mass is 10.0. The van der Waals surface area contributed by atoms with E-state index in [1.807, 2.05) is 37.3 Å². The summed E-state index contributed by atoms with van der Waals surface area (Å²) < 4.78 is 11.1. The van der Waals surface area contributed by atoms with E-state index >= 15 is 0 Å². The lowest BCUT2D eigenvalue weighted by Crippen LogP contribution is -2.25. The highest BCUT2D eigenvalue weighted by Gasteiger charge is 2.11. The Morgan fingerprint density at radius 2 is 1.77 bits per heavy atom. The van der Waals surface area contributed by atoms with Gasteiger partial charge in [0.05, 0.1) is 6.10 Å². The Bertz CT molecular complexity index is 936. The van der Waals surface area contributed by atoms with Crippen LogP contribution in [0.5, 0.6) is 0 Å². The minimum absolute atomic E-state index is 0.0304. The number of rotatable bonds is 11. The number of nitrogens with zero attached hydrogens (tertiary/aromatic N) is 2. The van der Waals surface area contributed by atoms with Gasteiger partial charge in [0.1, 0.15) is 0 Å². The van der Waals surface area contributed by atoms with Crippen LogP contribution >= 0.6 is 0 Å². The molecule has 6 nitrogen and oxygen atoms in total. The molecule has 0 aliphatic rings. The van der Waals surface area contributed by atoms with Crippen molar-refractivity contribution in [1.29, 1.82) is 0 Å². The maximum absolute atomic E-state index is 12.1. The van der Waals surface area contributed by atoms with E-state index in [0.717, 1.165) is 17.5 Å². The largest absolute Gasteiger partial charge is 0.374 e. The second kappa shape index (κ2) is 11.4. The maximum atomic E-state index is 12.1. The van der Waals surface area contributed by atoms with Crippen LogP contribution in [0.25, 0.3) is 11.4 Å². The molecule has 2 aromatic carbocycles. The van der Waals surface area contributed by atoms with E-state index in [1.165, 1.54) is 5.56 Å². The minimum atomic E-state index is -0.0304. The van der Waals surface area contributed by atoms with Gasteiger partial charge in [-0.2, -0.15) is 4.98 Å². The van der Waals surface area contributed by atoms with Gasteiger partial charge in [-0.25, -0.2) is 0 Å². The molecule has 3 aromatic rings. The molecule has 6 heteroatoms. The van der Waals surface area contributed by atoms with E-state index in [2.05, 4.69) is 53.6 Å². The van der Waals surface area contributed by atoms with Crippen LogP contribution < -0.4 is 5.32 Å². The second-order valence-electron chi connectivity index (χ2n) is 7.92. The van der Waals surface area contributed by atoms with Gasteiger partial charge in [-0.15, -0.1) is 0 Å². The molecule has 0 radical (unpaired) electrons. The monoisotopic (exact) mass is 421 g/mol. The average Bonchev–Trinajstić information content (AvgIpc) is 3.27. The van der Waals surface area contributed by atoms with Crippen molar-refractivity contribution in [3.63, 3.8) is 0 Å². The molecule has 0 saturated carbocycles. The summed E-state index contributed by atoms with van der Waals surface area (Å²) in [6.07, 6.45) is 1.55. The Labute approximate surface area is 184 Å². The van der Waals surface area contributed by atoms with E-state index in [9.17, 15) is 4.79 Å². The number of amides is 1. The first-order chi connectivity index (χ1) is 15.0. The van der Waals surface area contributed by atoms with Gasteiger partial charge in [0.2, 0.25) is 17.6 Å². The van der Waals surface area contributed by atoms with E-state index < -0.39 is 0 Å². The van der Waals surface area contributed by atoms with Crippen LogP contribution in [-0.2, 0) is 16.0 Å². The third-order valence-corrected chi connectivity index (χ3v) is 5.15. The van der Waals surface area contributed by atoms with Gasteiger partial charge in [-0.3, -0.25) is 4.79 Å². The van der Waals surface area contributed by atoms with Crippen LogP contribution in [0.15, 0.2) is 59.1 Å². The Morgan fingerprint density at radius 3 is 2.48 bits per heavy atom. The SMILES string of the molecule is CC(C)c1ccc(-c2noc(CCC(=O)NCCCOC(C)c3ccccc3)n2)cc1. The molecule has 1 N–H and O–H groups in total. The summed E-state index contributed by atoms with van der Waals surface area (Å²) >= 11 is 0. The summed E-state index contributed by atoms with van der Waals surface area (Å²) in [7, 11) is 0. The number of aromatic nitrogens is 2. The van der Waals surface area contributed by atoms with Gasteiger partial charge in [-0.1, -0.05) is 73.6 Å². The summed E-state index contributed by atoms with van der Waals surface area (Å²) in [5, 5.41) is 6.95. The first-order valence-corrected chi connectivity index (χ1v) is 10.9. The average molecular weight is 422 g/mol. The van der Waals surface area contributed by atoms with Crippen molar-refractivity contribution in [1.82, 2.24) is 15.5 Å². The molecule has 0 saturated heterocycles. The van der Waals surface area contributed by atoms with Crippen molar-refractivity contribution in [2.45, 2.75) is 52.1 Å². The van der Waals surface area contributed by atoms with Crippen molar-refractivity contribution in [2.24, 2.45) is 0 Å². The maximum Gasteiger partial charge on any atom is 0.227 e. The quantitative estimate of drug-likeness (QED) is 0.437. The van der Waals surface area contributed by atoms with Gasteiger partial charge in [0, 0.05) is 31.6 Å². The van der Waals surface area contributed by atoms with Gasteiger partial charge in [0.15, 0.2) is 0 Å². The molecule has 0 bridgehead atoms. The highest BCUT2D eigenvalue weighted by molar-refractivity contribution is 5.76. The summed E-state index contributed by atoms with van der Waals surface area (Å²) in [5.74, 6) is 1.47. The van der Waals surface area contributed by atoms with Crippen LogP contribution in [0.1, 0.15) is 62.7 Å². The second-order valence-corrected chi connectivity index (χ2v) is 7.92. The van der Waals surface area contributed by atoms with Crippen molar-refractivity contribution in [2.75, 3.05) is 13.2 Å². The number of hydrogen-bond acceptors (Lipinski definition) is 5. The summed E-state index contributed by atoms with van der Waals surface area (Å²) in [4.78, 5) is 16.5. The molecule has 164 valence electrons. The summed E-state index contributed by atoms with van der Waals surface area (Å²) in [5.41, 5.74) is 3.33. The number of aryl methyl sites for hydroxylation is 1. The van der Waals surface area contributed by atoms with Gasteiger partial charge in [0.25, 0.3) is 0 Å². The Hall–Kier alpha value is -2.99. The highest BCUT2D eigenvalue weighted by Crippen LogP contribution is 2.21. The summed E-state index contributed by atoms with van der Waals surface area (Å²) in [6, 6.07) is 18.3. The number of hydrogen-bond donors (Lipinski definition) is 1. The van der Waals surface area contributed by atoms with Crippen LogP contribution in [0.2, 0.25) is 0 Å². The predicted octanol–water partition coefficient (Wildman–Crippen LogP) is 5.08. The predicted molar refractivity (Wildman–Crippen MR) is 121 cm³/mol. The zero-order chi connectivity index (χ0) is 22.1. The molecule has 0 fully saturated rings. The van der Waals surface area contributed by atoms with Gasteiger partial charge in [-0.05, 0) is 30.4 Å². The fraction of sp³-hybridized carbons (Fsp3) is 0.400. The lowest BCUT2D eigenvalue weighted by Gasteiger charge is -2.13. The van der Waals surface area contributed by atoms with E-state index in [1.54, 1.807) is 0 Å². The Morgan fingerprint density at radius 1 is 1.03 bits per heavy atom. The van der Waals surface area contributed by atoms with Crippen LogP contribution in [0, 0.1) is 0 Å². The Balaban J connectivity index is 1.34. The van der Waals surface area contributed by atoms with Gasteiger partial charge < -0.3 is 14.6 Å². The van der Waals surface area contributed by atoms with Crippen molar-refractivity contribution in [3.05, 3.63) is 71.6 Å². The molecular weight excluding hydrogens is 390 g/mol. The summed E-state index contributed by atoms with van der Waals surface area (Å²) in [6.45, 7) is 7.53. The molecule has 1 atom stereocenters. The number of carbonyl (C=O) groups excluding carboxylic acids is 1. The van der Waals surface area contributed by atoms with E-state index in [-0.39, 0.29) is 12.0 Å². The Kier molecular flexibility index (Phi) is 8.35. The zero-order valence-electron chi connectivity index (χ0n) is 18.5. The molecule has 0 spiro atoms. The first-order valence-electron chi connectivity index (χ1n) is 10.9. The van der Waals surface area contributed by atoms with E-state index in [0.29, 0.717) is 43.6 Å². The molecule has 1 unspecified atom stereocenters. The smallest absolute Gasteiger partial charge is 0.227 e. The number of nitrogens with one attached hydrogen (secondary N) is 1. The molecule has 1 heterocycles. The normalized spacial score (nSPS) is 12.1. The van der Waals surface area contributed by atoms with Crippen LogP contribution in [-0.4, -0.2) is 29.2 Å². The highest BCUT2D eigenvalue weighted by atomic mass is 16.5. The van der Waals surface area contributed by atoms with Crippen molar-refractivity contribution >= 4 is 5.91 Å². The van der Waals surface area contributed by atoms with Gasteiger partial charge >= 0.3 is 0 Å². The number of benzene rings is 2. The molecular formula is C25H31N3O3. The fourth-order valence-electron chi connectivity index (χ4n) is 3.18. The minimum Gasteiger partial charge on any atom is -0.374 e. The standard InChI is InChI=1S/C25H31N3O3/c1-18(2)20-10-12-22(13-11-20)25-27-24(31-28-25)15-14-23(29)26-16-7-17-30-19(3)21-8-5-4-6-9-21/h4-6,8-13,18-19H,7,14-17H2,1-3H3,(H,26,29). The topological polar surface area (TPSA) is 77.2 Å². The fourth-order valence-corrected chi connectivity index (χ4v) is 3.18. The third-order valence-electron chi connectivity index (χ3n) is 5.15.